The molecule has 1 rings (SSSR count). The SMILES string of the molecule is CC1=C[CH]=[V][C](CCC(=O)C(C)([BH][U])NC(=O)CCC(=O)O)=C1. The van der Waals surface area contributed by atoms with Gasteiger partial charge in [-0.2, -0.15) is 0 Å². The number of carboxylic acid groups (broad SMARTS) is 1. The molecule has 0 aromatic carbocycles. The molecule has 0 aliphatic carbocycles. The molecule has 1 aliphatic rings. The third-order valence-corrected chi connectivity index (χ3v) is 8.01. The number of carbonyl (C=O) groups is 3. The van der Waals surface area contributed by atoms with Crippen LogP contribution < -0.4 is 5.32 Å². The number of amides is 1. The normalized spacial score (nSPS) is 16.0. The molecular weight excluding hydrogens is 558 g/mol. The fourth-order valence-electron chi connectivity index (χ4n) is 2.06. The van der Waals surface area contributed by atoms with Crippen LogP contribution in [-0.2, 0) is 30.2 Å². The van der Waals surface area contributed by atoms with Gasteiger partial charge in [0.05, 0.1) is 0 Å². The van der Waals surface area contributed by atoms with Gasteiger partial charge in [0.15, 0.2) is 0 Å². The van der Waals surface area contributed by atoms with Crippen LogP contribution in [0.5, 0.6) is 0 Å². The van der Waals surface area contributed by atoms with Crippen molar-refractivity contribution in [3.05, 3.63) is 22.0 Å². The Labute approximate surface area is 162 Å². The van der Waals surface area contributed by atoms with Gasteiger partial charge in [-0.05, 0) is 0 Å². The fraction of sp³-hybridized carbons (Fsp3) is 0.467. The first-order chi connectivity index (χ1) is 10.8. The number of hydrogen-bond donors (Lipinski definition) is 2. The van der Waals surface area contributed by atoms with E-state index >= 15 is 0 Å². The van der Waals surface area contributed by atoms with Crippen molar-refractivity contribution in [3.8, 4) is 0 Å². The second-order valence-electron chi connectivity index (χ2n) is 5.70. The van der Waals surface area contributed by atoms with Crippen molar-refractivity contribution in [2.24, 2.45) is 0 Å². The summed E-state index contributed by atoms with van der Waals surface area (Å²) >= 11 is 0.592. The Balaban J connectivity index is 2.59. The molecule has 1 unspecified atom stereocenters. The van der Waals surface area contributed by atoms with E-state index in [1.54, 1.807) is 6.92 Å². The number of ketones is 1. The summed E-state index contributed by atoms with van der Waals surface area (Å²) in [4.78, 5) is 34.9. The molecule has 121 valence electrons. The third kappa shape index (κ3) is 7.39. The van der Waals surface area contributed by atoms with E-state index in [9.17, 15) is 14.4 Å². The van der Waals surface area contributed by atoms with Crippen LogP contribution in [0.25, 0.3) is 0 Å². The van der Waals surface area contributed by atoms with Gasteiger partial charge in [-0.3, -0.25) is 0 Å². The number of carbonyl (C=O) groups excluding carboxylic acids is 2. The van der Waals surface area contributed by atoms with Crippen molar-refractivity contribution >= 4 is 26.5 Å². The van der Waals surface area contributed by atoms with E-state index in [0.29, 0.717) is 39.7 Å². The molecule has 1 heterocycles. The van der Waals surface area contributed by atoms with Crippen molar-refractivity contribution in [1.29, 1.82) is 0 Å². The molecular formula is C15H20BNO4UV. The molecule has 1 amide bonds. The topological polar surface area (TPSA) is 83.5 Å². The standard InChI is InChI=1S/C15H19BNO4.U.V/c1-4-11(2)7-5-6-8-12(18)15(3,16)17-13(19)9-10-14(20)21;;/h1,4,7,16H,6,8-10H2,2-3H3,(H-,17,19,20,21);;/q;-1;/p+1. The van der Waals surface area contributed by atoms with E-state index in [0.717, 1.165) is 6.42 Å². The molecule has 0 fully saturated rings. The second kappa shape index (κ2) is 9.84. The van der Waals surface area contributed by atoms with E-state index in [1.807, 2.05) is 6.92 Å². The summed E-state index contributed by atoms with van der Waals surface area (Å²) < 4.78 is 4.17. The maximum absolute atomic E-state index is 12.5. The van der Waals surface area contributed by atoms with Gasteiger partial charge in [-0.1, -0.05) is 0 Å². The van der Waals surface area contributed by atoms with Crippen LogP contribution in [0.2, 0.25) is 0 Å². The van der Waals surface area contributed by atoms with Gasteiger partial charge >= 0.3 is 163 Å². The number of rotatable bonds is 9. The maximum atomic E-state index is 12.5. The zero-order valence-corrected chi connectivity index (χ0v) is 18.9. The van der Waals surface area contributed by atoms with Crippen LogP contribution in [-0.4, -0.2) is 37.0 Å². The van der Waals surface area contributed by atoms with Gasteiger partial charge in [-0.25, -0.2) is 0 Å². The van der Waals surface area contributed by atoms with Crippen molar-refractivity contribution in [1.82, 2.24) is 5.32 Å². The summed E-state index contributed by atoms with van der Waals surface area (Å²) in [5.74, 6) is -1.33. The first-order valence-corrected chi connectivity index (χ1v) is 11.8. The average molecular weight is 578 g/mol. The molecule has 1 aliphatic heterocycles. The molecule has 0 saturated heterocycles. The quantitative estimate of drug-likeness (QED) is 0.395. The molecule has 0 aromatic rings. The summed E-state index contributed by atoms with van der Waals surface area (Å²) in [6, 6.07) is 0. The predicted octanol–water partition coefficient (Wildman–Crippen LogP) is 0.662. The minimum absolute atomic E-state index is 0.0289. The van der Waals surface area contributed by atoms with Crippen LogP contribution in [0.15, 0.2) is 22.0 Å². The Morgan fingerprint density at radius 3 is 2.61 bits per heavy atom. The van der Waals surface area contributed by atoms with Crippen LogP contribution in [0.4, 0.5) is 0 Å². The predicted molar refractivity (Wildman–Crippen MR) is 82.7 cm³/mol. The van der Waals surface area contributed by atoms with Gasteiger partial charge in [0.25, 0.3) is 0 Å². The van der Waals surface area contributed by atoms with Crippen LogP contribution >= 0.6 is 0 Å². The van der Waals surface area contributed by atoms with E-state index in [1.165, 1.54) is 9.86 Å². The van der Waals surface area contributed by atoms with E-state index in [4.69, 9.17) is 5.11 Å². The monoisotopic (exact) mass is 578 g/mol. The zero-order chi connectivity index (χ0) is 17.5. The number of hydrogen-bond acceptors (Lipinski definition) is 3. The number of allylic oxidation sites excluding steroid dienone is 4. The molecule has 0 radical (unpaired) electrons. The first kappa shape index (κ1) is 20.7. The summed E-state index contributed by atoms with van der Waals surface area (Å²) in [6.07, 6.45) is 5.13. The second-order valence-corrected chi connectivity index (χ2v) is 8.94. The molecule has 0 aromatic heterocycles. The molecule has 0 spiro atoms. The number of Topliss-reactive ketones (excluding diaryl/α,β-unsaturated/α-hetero) is 1. The summed E-state index contributed by atoms with van der Waals surface area (Å²) in [5, 5.41) is 11.4. The van der Waals surface area contributed by atoms with Crippen LogP contribution in [0.3, 0.4) is 0 Å². The van der Waals surface area contributed by atoms with Gasteiger partial charge in [0.1, 0.15) is 0 Å². The molecule has 2 N–H and O–H groups in total. The molecule has 23 heavy (non-hydrogen) atoms. The number of aliphatic carboxylic acids is 1. The molecule has 5 nitrogen and oxygen atoms in total. The summed E-state index contributed by atoms with van der Waals surface area (Å²) in [5.41, 5.74) is 0.365. The molecule has 8 heteroatoms. The van der Waals surface area contributed by atoms with Gasteiger partial charge < -0.3 is 0 Å². The van der Waals surface area contributed by atoms with Crippen LogP contribution in [0.1, 0.15) is 39.5 Å². The minimum atomic E-state index is -1.01. The average Bonchev–Trinajstić information content (AvgIpc) is 2.50. The van der Waals surface area contributed by atoms with Crippen molar-refractivity contribution < 1.29 is 64.5 Å². The Morgan fingerprint density at radius 1 is 1.35 bits per heavy atom. The Morgan fingerprint density at radius 2 is 2.04 bits per heavy atom. The molecule has 0 bridgehead atoms. The Bertz CT molecular complexity index is 588. The van der Waals surface area contributed by atoms with Gasteiger partial charge in [0.2, 0.25) is 0 Å². The van der Waals surface area contributed by atoms with Crippen LogP contribution in [0, 0.1) is 29.2 Å². The third-order valence-electron chi connectivity index (χ3n) is 3.53. The molecule has 1 atom stereocenters. The van der Waals surface area contributed by atoms with E-state index in [-0.39, 0.29) is 40.4 Å². The van der Waals surface area contributed by atoms with Gasteiger partial charge in [-0.15, -0.1) is 0 Å². The number of carboxylic acids is 1. The molecule has 0 saturated carbocycles. The van der Waals surface area contributed by atoms with E-state index in [2.05, 4.69) is 22.2 Å². The Kier molecular flexibility index (Phi) is 8.85. The summed E-state index contributed by atoms with van der Waals surface area (Å²) in [7, 11) is 0. The Hall–Kier alpha value is -0.339. The van der Waals surface area contributed by atoms with Crippen molar-refractivity contribution in [3.63, 3.8) is 0 Å². The van der Waals surface area contributed by atoms with E-state index < -0.39 is 11.4 Å². The fourth-order valence-corrected chi connectivity index (χ4v) is 4.84. The first-order valence-electron chi connectivity index (χ1n) is 7.39. The van der Waals surface area contributed by atoms with Crippen molar-refractivity contribution in [2.45, 2.75) is 45.0 Å². The number of nitrogens with one attached hydrogen (secondary N) is 1. The van der Waals surface area contributed by atoms with Gasteiger partial charge in [0, 0.05) is 0 Å². The summed E-state index contributed by atoms with van der Waals surface area (Å²) in [6.45, 7) is 3.80. The van der Waals surface area contributed by atoms with Crippen molar-refractivity contribution in [2.75, 3.05) is 0 Å². The zero-order valence-electron chi connectivity index (χ0n) is 13.4.